The van der Waals surface area contributed by atoms with Crippen LogP contribution in [0.1, 0.15) is 31.4 Å². The maximum Gasteiger partial charge on any atom is 0.202 e. The van der Waals surface area contributed by atoms with Gasteiger partial charge >= 0.3 is 0 Å². The number of nitrogens with two attached hydrogens (primary N) is 1. The summed E-state index contributed by atoms with van der Waals surface area (Å²) in [4.78, 5) is 2.36. The second-order valence-corrected chi connectivity index (χ2v) is 5.92. The van der Waals surface area contributed by atoms with Crippen LogP contribution in [0.3, 0.4) is 0 Å². The molecule has 2 N–H and O–H groups in total. The van der Waals surface area contributed by atoms with Gasteiger partial charge in [-0.2, -0.15) is 0 Å². The second-order valence-electron chi connectivity index (χ2n) is 5.92. The van der Waals surface area contributed by atoms with Crippen molar-refractivity contribution in [3.8, 4) is 11.5 Å². The Morgan fingerprint density at radius 1 is 1.33 bits per heavy atom. The van der Waals surface area contributed by atoms with Crippen LogP contribution in [0.25, 0.3) is 11.5 Å². The van der Waals surface area contributed by atoms with E-state index in [9.17, 15) is 0 Å². The average Bonchev–Trinajstić information content (AvgIpc) is 3.17. The lowest BCUT2D eigenvalue weighted by Crippen LogP contribution is -2.42. The predicted octanol–water partition coefficient (Wildman–Crippen LogP) is 2.88. The molecule has 0 bridgehead atoms. The number of furan rings is 1. The monoisotopic (exact) mass is 289 g/mol. The second kappa shape index (κ2) is 6.45. The fraction of sp³-hybridized carbons (Fsp3) is 0.562. The van der Waals surface area contributed by atoms with E-state index in [1.54, 1.807) is 6.26 Å². The Morgan fingerprint density at radius 3 is 2.95 bits per heavy atom. The normalized spacial score (nSPS) is 22.8. The molecule has 0 spiro atoms. The molecule has 1 aliphatic rings. The van der Waals surface area contributed by atoms with E-state index in [1.165, 1.54) is 25.7 Å². The van der Waals surface area contributed by atoms with E-state index in [0.29, 0.717) is 23.5 Å². The molecule has 1 aliphatic carbocycles. The van der Waals surface area contributed by atoms with Crippen LogP contribution in [0, 0.1) is 5.92 Å². The lowest BCUT2D eigenvalue weighted by molar-refractivity contribution is 0.125. The van der Waals surface area contributed by atoms with Gasteiger partial charge < -0.3 is 14.7 Å². The van der Waals surface area contributed by atoms with Gasteiger partial charge in [-0.1, -0.05) is 18.0 Å². The summed E-state index contributed by atoms with van der Waals surface area (Å²) in [5.41, 5.74) is 6.86. The standard InChI is InChI=1S/C16H23N3O2/c1-19(14-6-3-2-5-12(14)10-17)11-13-9-16(21-18-13)15-7-4-8-20-15/h4,7-9,12,14H,2-3,5-6,10-11,17H2,1H3. The van der Waals surface area contributed by atoms with Crippen molar-refractivity contribution < 1.29 is 8.94 Å². The number of aromatic nitrogens is 1. The van der Waals surface area contributed by atoms with E-state index in [1.807, 2.05) is 18.2 Å². The highest BCUT2D eigenvalue weighted by Gasteiger charge is 2.27. The third-order valence-corrected chi connectivity index (χ3v) is 4.47. The lowest BCUT2D eigenvalue weighted by atomic mass is 9.83. The van der Waals surface area contributed by atoms with Crippen LogP contribution in [0.5, 0.6) is 0 Å². The number of hydrogen-bond donors (Lipinski definition) is 1. The van der Waals surface area contributed by atoms with Crippen LogP contribution in [0.15, 0.2) is 33.4 Å². The third-order valence-electron chi connectivity index (χ3n) is 4.47. The van der Waals surface area contributed by atoms with E-state index < -0.39 is 0 Å². The summed E-state index contributed by atoms with van der Waals surface area (Å²) in [7, 11) is 2.15. The van der Waals surface area contributed by atoms with Gasteiger partial charge in [0.05, 0.1) is 12.0 Å². The summed E-state index contributed by atoms with van der Waals surface area (Å²) < 4.78 is 10.7. The Labute approximate surface area is 125 Å². The Hall–Kier alpha value is -1.59. The van der Waals surface area contributed by atoms with Crippen LogP contribution in [0.4, 0.5) is 0 Å². The van der Waals surface area contributed by atoms with Crippen molar-refractivity contribution in [1.29, 1.82) is 0 Å². The van der Waals surface area contributed by atoms with Crippen molar-refractivity contribution >= 4 is 0 Å². The minimum absolute atomic E-state index is 0.549. The van der Waals surface area contributed by atoms with Gasteiger partial charge in [0, 0.05) is 18.7 Å². The Balaban J connectivity index is 1.65. The number of nitrogens with zero attached hydrogens (tertiary/aromatic N) is 2. The quantitative estimate of drug-likeness (QED) is 0.916. The predicted molar refractivity (Wildman–Crippen MR) is 80.5 cm³/mol. The van der Waals surface area contributed by atoms with Gasteiger partial charge in [0.15, 0.2) is 5.76 Å². The molecule has 2 heterocycles. The first-order valence-electron chi connectivity index (χ1n) is 7.67. The van der Waals surface area contributed by atoms with Crippen molar-refractivity contribution in [2.45, 2.75) is 38.3 Å². The molecule has 2 aromatic heterocycles. The van der Waals surface area contributed by atoms with E-state index in [2.05, 4.69) is 17.1 Å². The molecule has 1 saturated carbocycles. The fourth-order valence-corrected chi connectivity index (χ4v) is 3.34. The Bertz CT molecular complexity index is 550. The number of rotatable bonds is 5. The van der Waals surface area contributed by atoms with Crippen molar-refractivity contribution in [3.63, 3.8) is 0 Å². The molecule has 0 aliphatic heterocycles. The van der Waals surface area contributed by atoms with Crippen molar-refractivity contribution in [3.05, 3.63) is 30.2 Å². The molecule has 2 aromatic rings. The van der Waals surface area contributed by atoms with E-state index in [-0.39, 0.29) is 0 Å². The maximum atomic E-state index is 5.92. The first-order valence-corrected chi connectivity index (χ1v) is 7.67. The SMILES string of the molecule is CN(Cc1cc(-c2ccco2)on1)C1CCCCC1CN. The summed E-state index contributed by atoms with van der Waals surface area (Å²) in [6.45, 7) is 1.55. The van der Waals surface area contributed by atoms with Crippen LogP contribution in [-0.2, 0) is 6.54 Å². The molecule has 0 saturated heterocycles. The van der Waals surface area contributed by atoms with Crippen LogP contribution < -0.4 is 5.73 Å². The third kappa shape index (κ3) is 3.19. The van der Waals surface area contributed by atoms with Gasteiger partial charge in [-0.05, 0) is 44.5 Å². The summed E-state index contributed by atoms with van der Waals surface area (Å²) in [6, 6.07) is 6.22. The molecule has 114 valence electrons. The molecular formula is C16H23N3O2. The zero-order valence-electron chi connectivity index (χ0n) is 12.5. The smallest absolute Gasteiger partial charge is 0.202 e. The summed E-state index contributed by atoms with van der Waals surface area (Å²) >= 11 is 0. The zero-order chi connectivity index (χ0) is 14.7. The fourth-order valence-electron chi connectivity index (χ4n) is 3.34. The molecule has 0 amide bonds. The molecule has 1 fully saturated rings. The van der Waals surface area contributed by atoms with E-state index in [0.717, 1.165) is 18.8 Å². The van der Waals surface area contributed by atoms with Crippen molar-refractivity contribution in [2.75, 3.05) is 13.6 Å². The van der Waals surface area contributed by atoms with Gasteiger partial charge in [-0.15, -0.1) is 0 Å². The van der Waals surface area contributed by atoms with Crippen LogP contribution in [0.2, 0.25) is 0 Å². The van der Waals surface area contributed by atoms with Crippen molar-refractivity contribution in [1.82, 2.24) is 10.1 Å². The molecule has 21 heavy (non-hydrogen) atoms. The summed E-state index contributed by atoms with van der Waals surface area (Å²) in [5.74, 6) is 2.00. The van der Waals surface area contributed by atoms with Crippen LogP contribution in [-0.4, -0.2) is 29.7 Å². The highest BCUT2D eigenvalue weighted by molar-refractivity contribution is 5.49. The van der Waals surface area contributed by atoms with Gasteiger partial charge in [0.2, 0.25) is 5.76 Å². The van der Waals surface area contributed by atoms with E-state index >= 15 is 0 Å². The van der Waals surface area contributed by atoms with Gasteiger partial charge in [0.1, 0.15) is 0 Å². The van der Waals surface area contributed by atoms with E-state index in [4.69, 9.17) is 14.7 Å². The molecule has 2 atom stereocenters. The summed E-state index contributed by atoms with van der Waals surface area (Å²) in [5, 5.41) is 4.15. The first-order chi connectivity index (χ1) is 10.3. The summed E-state index contributed by atoms with van der Waals surface area (Å²) in [6.07, 6.45) is 6.70. The Morgan fingerprint density at radius 2 is 2.19 bits per heavy atom. The largest absolute Gasteiger partial charge is 0.461 e. The van der Waals surface area contributed by atoms with Crippen molar-refractivity contribution in [2.24, 2.45) is 11.7 Å². The zero-order valence-corrected chi connectivity index (χ0v) is 12.5. The lowest BCUT2D eigenvalue weighted by Gasteiger charge is -2.37. The highest BCUT2D eigenvalue weighted by Crippen LogP contribution is 2.28. The average molecular weight is 289 g/mol. The van der Waals surface area contributed by atoms with Crippen LogP contribution >= 0.6 is 0 Å². The van der Waals surface area contributed by atoms with Gasteiger partial charge in [-0.3, -0.25) is 4.90 Å². The first kappa shape index (κ1) is 14.4. The molecule has 2 unspecified atom stereocenters. The highest BCUT2D eigenvalue weighted by atomic mass is 16.5. The van der Waals surface area contributed by atoms with Gasteiger partial charge in [0.25, 0.3) is 0 Å². The topological polar surface area (TPSA) is 68.4 Å². The molecule has 0 radical (unpaired) electrons. The molecule has 3 rings (SSSR count). The number of hydrogen-bond acceptors (Lipinski definition) is 5. The minimum atomic E-state index is 0.549. The maximum absolute atomic E-state index is 5.92. The Kier molecular flexibility index (Phi) is 4.41. The minimum Gasteiger partial charge on any atom is -0.461 e. The molecular weight excluding hydrogens is 266 g/mol. The molecule has 5 nitrogen and oxygen atoms in total. The molecule has 5 heteroatoms. The molecule has 0 aromatic carbocycles. The van der Waals surface area contributed by atoms with Gasteiger partial charge in [-0.25, -0.2) is 0 Å².